The first-order valence-electron chi connectivity index (χ1n) is 11.5. The van der Waals surface area contributed by atoms with Gasteiger partial charge in [-0.05, 0) is 38.3 Å². The Hall–Kier alpha value is -2.59. The summed E-state index contributed by atoms with van der Waals surface area (Å²) < 4.78 is 0. The Bertz CT molecular complexity index is 927. The second kappa shape index (κ2) is 10.1. The number of hydrogen-bond donors (Lipinski definition) is 2. The number of carbonyl (C=O) groups excluding carboxylic acids is 4. The molecule has 0 spiro atoms. The third-order valence-corrected chi connectivity index (χ3v) is 7.87. The van der Waals surface area contributed by atoms with Gasteiger partial charge in [-0.3, -0.25) is 24.6 Å². The number of carbonyl (C=O) groups is 4. The average molecular weight is 474 g/mol. The van der Waals surface area contributed by atoms with Gasteiger partial charge in [0, 0.05) is 49.9 Å². The van der Waals surface area contributed by atoms with Crippen LogP contribution < -0.4 is 10.6 Å². The zero-order valence-electron chi connectivity index (χ0n) is 19.0. The van der Waals surface area contributed by atoms with Crippen molar-refractivity contribution in [1.82, 2.24) is 25.3 Å². The van der Waals surface area contributed by atoms with Crippen LogP contribution in [0.15, 0.2) is 29.2 Å². The van der Waals surface area contributed by atoms with E-state index < -0.39 is 11.6 Å². The van der Waals surface area contributed by atoms with Crippen LogP contribution in [-0.4, -0.2) is 95.6 Å². The second-order valence-corrected chi connectivity index (χ2v) is 10.1. The second-order valence-electron chi connectivity index (χ2n) is 9.03. The highest BCUT2D eigenvalue weighted by Crippen LogP contribution is 2.28. The highest BCUT2D eigenvalue weighted by Gasteiger charge is 2.42. The van der Waals surface area contributed by atoms with E-state index in [1.807, 2.05) is 28.0 Å². The molecule has 0 saturated carbocycles. The molecule has 1 unspecified atom stereocenters. The molecule has 2 N–H and O–H groups in total. The van der Waals surface area contributed by atoms with Gasteiger partial charge >= 0.3 is 6.03 Å². The largest absolute Gasteiger partial charge is 0.342 e. The lowest BCUT2D eigenvalue weighted by Gasteiger charge is -2.36. The predicted octanol–water partition coefficient (Wildman–Crippen LogP) is 1.15. The molecule has 0 radical (unpaired) electrons. The zero-order chi connectivity index (χ0) is 23.4. The lowest BCUT2D eigenvalue weighted by Crippen LogP contribution is -2.52. The molecule has 3 aliphatic rings. The van der Waals surface area contributed by atoms with Crippen LogP contribution in [-0.2, 0) is 9.59 Å². The number of thioether (sulfide) groups is 1. The topological polar surface area (TPSA) is 102 Å². The lowest BCUT2D eigenvalue weighted by molar-refractivity contribution is -0.133. The number of rotatable bonds is 6. The number of amides is 5. The minimum atomic E-state index is -1.01. The van der Waals surface area contributed by atoms with E-state index in [1.54, 1.807) is 13.0 Å². The maximum atomic E-state index is 13.3. The summed E-state index contributed by atoms with van der Waals surface area (Å²) in [6, 6.07) is 6.86. The van der Waals surface area contributed by atoms with Crippen LogP contribution in [0.2, 0.25) is 0 Å². The summed E-state index contributed by atoms with van der Waals surface area (Å²) in [6.07, 6.45) is 3.37. The number of urea groups is 1. The fraction of sp³-hybridized carbons (Fsp3) is 0.565. The molecule has 1 atom stereocenters. The Balaban J connectivity index is 1.32. The van der Waals surface area contributed by atoms with Gasteiger partial charge in [0.15, 0.2) is 0 Å². The van der Waals surface area contributed by atoms with E-state index in [0.29, 0.717) is 44.0 Å². The van der Waals surface area contributed by atoms with Gasteiger partial charge in [-0.25, -0.2) is 4.79 Å². The first-order chi connectivity index (χ1) is 15.9. The van der Waals surface area contributed by atoms with Crippen molar-refractivity contribution in [1.29, 1.82) is 0 Å². The third-order valence-electron chi connectivity index (χ3n) is 6.48. The quantitative estimate of drug-likeness (QED) is 0.475. The minimum Gasteiger partial charge on any atom is -0.342 e. The summed E-state index contributed by atoms with van der Waals surface area (Å²) in [5, 5.41) is 4.92. The minimum absolute atomic E-state index is 0.0508. The SMILES string of the molecule is CC1(CSc2ccccc2C(=O)N2CCN(CC(=O)N3CCCCC3)CC2)NC(=O)NC1=O. The summed E-state index contributed by atoms with van der Waals surface area (Å²) in [7, 11) is 0. The number of imide groups is 1. The predicted molar refractivity (Wildman–Crippen MR) is 125 cm³/mol. The van der Waals surface area contributed by atoms with Crippen LogP contribution >= 0.6 is 11.8 Å². The van der Waals surface area contributed by atoms with Gasteiger partial charge in [-0.1, -0.05) is 12.1 Å². The maximum Gasteiger partial charge on any atom is 0.322 e. The number of likely N-dealkylation sites (tertiary alicyclic amines) is 1. The van der Waals surface area contributed by atoms with Crippen LogP contribution in [0.4, 0.5) is 4.79 Å². The summed E-state index contributed by atoms with van der Waals surface area (Å²) in [6.45, 7) is 6.29. The van der Waals surface area contributed by atoms with Crippen molar-refractivity contribution in [2.24, 2.45) is 0 Å². The summed E-state index contributed by atoms with van der Waals surface area (Å²) >= 11 is 1.38. The Morgan fingerprint density at radius 2 is 1.67 bits per heavy atom. The van der Waals surface area contributed by atoms with E-state index >= 15 is 0 Å². The highest BCUT2D eigenvalue weighted by molar-refractivity contribution is 7.99. The van der Waals surface area contributed by atoms with Gasteiger partial charge in [0.2, 0.25) is 5.91 Å². The van der Waals surface area contributed by atoms with Crippen molar-refractivity contribution in [3.8, 4) is 0 Å². The lowest BCUT2D eigenvalue weighted by atomic mass is 10.1. The first kappa shape index (κ1) is 23.6. The van der Waals surface area contributed by atoms with Crippen molar-refractivity contribution in [2.45, 2.75) is 36.6 Å². The average Bonchev–Trinajstić information content (AvgIpc) is 3.09. The smallest absolute Gasteiger partial charge is 0.322 e. The third kappa shape index (κ3) is 5.50. The van der Waals surface area contributed by atoms with Crippen LogP contribution in [0.5, 0.6) is 0 Å². The Labute approximate surface area is 198 Å². The molecule has 1 aromatic rings. The van der Waals surface area contributed by atoms with Crippen LogP contribution in [0, 0.1) is 0 Å². The molecule has 4 rings (SSSR count). The molecule has 178 valence electrons. The van der Waals surface area contributed by atoms with E-state index in [2.05, 4.69) is 15.5 Å². The van der Waals surface area contributed by atoms with Crippen molar-refractivity contribution >= 4 is 35.5 Å². The number of hydrogen-bond acceptors (Lipinski definition) is 6. The van der Waals surface area contributed by atoms with Crippen LogP contribution in [0.1, 0.15) is 36.5 Å². The van der Waals surface area contributed by atoms with Crippen molar-refractivity contribution in [3.63, 3.8) is 0 Å². The normalized spacial score (nSPS) is 23.9. The summed E-state index contributed by atoms with van der Waals surface area (Å²) in [5.41, 5.74) is -0.418. The van der Waals surface area contributed by atoms with E-state index in [0.717, 1.165) is 30.8 Å². The molecule has 0 aliphatic carbocycles. The number of nitrogens with zero attached hydrogens (tertiary/aromatic N) is 3. The molecule has 10 heteroatoms. The van der Waals surface area contributed by atoms with E-state index in [1.165, 1.54) is 18.2 Å². The number of piperidine rings is 1. The highest BCUT2D eigenvalue weighted by atomic mass is 32.2. The summed E-state index contributed by atoms with van der Waals surface area (Å²) in [5.74, 6) is 0.0957. The van der Waals surface area contributed by atoms with Gasteiger partial charge in [-0.2, -0.15) is 0 Å². The molecule has 0 bridgehead atoms. The van der Waals surface area contributed by atoms with Crippen LogP contribution in [0.25, 0.3) is 0 Å². The fourth-order valence-corrected chi connectivity index (χ4v) is 5.52. The molecule has 0 aromatic heterocycles. The van der Waals surface area contributed by atoms with Crippen molar-refractivity contribution in [2.75, 3.05) is 51.6 Å². The van der Waals surface area contributed by atoms with E-state index in [-0.39, 0.29) is 17.7 Å². The molecule has 3 aliphatic heterocycles. The van der Waals surface area contributed by atoms with Gasteiger partial charge in [-0.15, -0.1) is 11.8 Å². The molecule has 33 heavy (non-hydrogen) atoms. The van der Waals surface area contributed by atoms with Gasteiger partial charge in [0.25, 0.3) is 11.8 Å². The molecule has 1 aromatic carbocycles. The maximum absolute atomic E-state index is 13.3. The van der Waals surface area contributed by atoms with E-state index in [9.17, 15) is 19.2 Å². The Morgan fingerprint density at radius 1 is 0.970 bits per heavy atom. The first-order valence-corrected chi connectivity index (χ1v) is 12.5. The molecule has 3 saturated heterocycles. The van der Waals surface area contributed by atoms with Gasteiger partial charge < -0.3 is 15.1 Å². The Kier molecular flexibility index (Phi) is 7.23. The molecular formula is C23H31N5O4S. The molecule has 9 nitrogen and oxygen atoms in total. The van der Waals surface area contributed by atoms with Crippen molar-refractivity contribution in [3.05, 3.63) is 29.8 Å². The molecule has 5 amide bonds. The van der Waals surface area contributed by atoms with Crippen LogP contribution in [0.3, 0.4) is 0 Å². The van der Waals surface area contributed by atoms with Gasteiger partial charge in [0.1, 0.15) is 5.54 Å². The number of benzene rings is 1. The van der Waals surface area contributed by atoms with Gasteiger partial charge in [0.05, 0.1) is 12.1 Å². The Morgan fingerprint density at radius 3 is 2.33 bits per heavy atom. The zero-order valence-corrected chi connectivity index (χ0v) is 19.8. The molecular weight excluding hydrogens is 442 g/mol. The number of piperazine rings is 1. The van der Waals surface area contributed by atoms with E-state index in [4.69, 9.17) is 0 Å². The molecule has 3 fully saturated rings. The standard InChI is InChI=1S/C23H31N5O4S/c1-23(21(31)24-22(32)25-23)16-33-18-8-4-3-7-17(18)20(30)28-13-11-26(12-14-28)15-19(29)27-9-5-2-6-10-27/h3-4,7-8H,2,5-6,9-16H2,1H3,(H2,24,25,31,32). The monoisotopic (exact) mass is 473 g/mol. The van der Waals surface area contributed by atoms with Crippen molar-refractivity contribution < 1.29 is 19.2 Å². The summed E-state index contributed by atoms with van der Waals surface area (Å²) in [4.78, 5) is 56.1. The fourth-order valence-electron chi connectivity index (χ4n) is 4.39. The molecule has 3 heterocycles. The number of nitrogens with one attached hydrogen (secondary N) is 2.